The van der Waals surface area contributed by atoms with Gasteiger partial charge in [-0.05, 0) is 125 Å². The standard InChI is InChI=1S/C69H64N8/c1-69(2)53-37-21-18-34-49(53)57-60(69)58-50-35-19-23-39-55(50)77(62(58)59-51-36-20-22-38-54(51)76(61(57)59)48-32-16-7-17-33-48)56-41-40-47(67-72-63(43-24-8-3-9-25-43)70-64(73-67)44-26-10-4-11-27-44)42-52(56)68-74-65(45-28-12-5-13-29-45)71-66(75-68)46-30-14-6-15-31-46/h3-10,12-19,21-22,24-26,28-35,37-38,40-42,49,53,58-59,61-63,65-66,71H,11,20,23,27,36,39H2,1-2H3,(H,74,75)(H,70,72,73). The molecule has 8 heteroatoms. The molecule has 0 bridgehead atoms. The maximum atomic E-state index is 5.77. The van der Waals surface area contributed by atoms with Crippen LogP contribution in [0.2, 0.25) is 0 Å². The van der Waals surface area contributed by atoms with Crippen molar-refractivity contribution in [3.8, 4) is 0 Å². The van der Waals surface area contributed by atoms with E-state index in [1.54, 1.807) is 16.7 Å². The summed E-state index contributed by atoms with van der Waals surface area (Å²) in [5.41, 5.74) is 18.2. The van der Waals surface area contributed by atoms with Crippen LogP contribution in [0.15, 0.2) is 261 Å². The fourth-order valence-electron chi connectivity index (χ4n) is 15.1. The Morgan fingerprint density at radius 3 is 2.10 bits per heavy atom. The predicted octanol–water partition coefficient (Wildman–Crippen LogP) is 14.0. The molecule has 0 spiro atoms. The lowest BCUT2D eigenvalue weighted by molar-refractivity contribution is 0.286. The molecule has 8 nitrogen and oxygen atoms in total. The first kappa shape index (κ1) is 46.2. The number of para-hydroxylation sites is 1. The van der Waals surface area contributed by atoms with Gasteiger partial charge in [-0.3, -0.25) is 5.32 Å². The van der Waals surface area contributed by atoms with Crippen LogP contribution in [0.5, 0.6) is 0 Å². The molecular weight excluding hydrogens is 941 g/mol. The summed E-state index contributed by atoms with van der Waals surface area (Å²) in [7, 11) is 0. The van der Waals surface area contributed by atoms with E-state index in [1.807, 2.05) is 0 Å². The minimum absolute atomic E-state index is 0.0854. The number of allylic oxidation sites excluding steroid dienone is 12. The topological polar surface area (TPSA) is 79.6 Å². The van der Waals surface area contributed by atoms with E-state index in [4.69, 9.17) is 15.0 Å². The summed E-state index contributed by atoms with van der Waals surface area (Å²) < 4.78 is 0. The monoisotopic (exact) mass is 1000 g/mol. The average Bonchev–Trinajstić information content (AvgIpc) is 4.12. The third kappa shape index (κ3) is 7.54. The molecule has 0 amide bonds. The summed E-state index contributed by atoms with van der Waals surface area (Å²) in [5.74, 6) is 3.68. The Morgan fingerprint density at radius 2 is 1.32 bits per heavy atom. The summed E-state index contributed by atoms with van der Waals surface area (Å²) in [6, 6.07) is 50.8. The molecule has 0 radical (unpaired) electrons. The lowest BCUT2D eigenvalue weighted by atomic mass is 9.62. The van der Waals surface area contributed by atoms with E-state index < -0.39 is 6.17 Å². The fourth-order valence-corrected chi connectivity index (χ4v) is 15.1. The highest BCUT2D eigenvalue weighted by molar-refractivity contribution is 6.17. The molecule has 77 heavy (non-hydrogen) atoms. The van der Waals surface area contributed by atoms with Crippen molar-refractivity contribution in [3.05, 3.63) is 273 Å². The van der Waals surface area contributed by atoms with Crippen LogP contribution < -0.4 is 25.8 Å². The van der Waals surface area contributed by atoms with Crippen molar-refractivity contribution in [1.29, 1.82) is 0 Å². The average molecular weight is 1010 g/mol. The molecule has 0 fully saturated rings. The molecule has 4 aliphatic heterocycles. The smallest absolute Gasteiger partial charge is 0.169 e. The number of benzene rings is 5. The van der Waals surface area contributed by atoms with Gasteiger partial charge in [0.05, 0.1) is 17.8 Å². The Hall–Kier alpha value is -8.07. The van der Waals surface area contributed by atoms with Crippen molar-refractivity contribution < 1.29 is 0 Å². The van der Waals surface area contributed by atoms with Crippen LogP contribution in [0.4, 0.5) is 11.4 Å². The fraction of sp³-hybridized carbons (Fsp3) is 0.261. The van der Waals surface area contributed by atoms with Crippen molar-refractivity contribution in [2.24, 2.45) is 44.1 Å². The molecule has 9 unspecified atom stereocenters. The van der Waals surface area contributed by atoms with E-state index >= 15 is 0 Å². The number of fused-ring (bicyclic) bond motifs is 9. The van der Waals surface area contributed by atoms with Crippen molar-refractivity contribution in [1.82, 2.24) is 16.0 Å². The number of anilines is 2. The molecule has 5 aromatic rings. The number of rotatable bonds is 8. The quantitative estimate of drug-likeness (QED) is 0.135. The Bertz CT molecular complexity index is 3590. The molecule has 10 aliphatic rings. The van der Waals surface area contributed by atoms with Crippen LogP contribution in [0.1, 0.15) is 98.7 Å². The van der Waals surface area contributed by atoms with E-state index in [2.05, 4.69) is 246 Å². The summed E-state index contributed by atoms with van der Waals surface area (Å²) in [6.07, 6.45) is 31.3. The number of amidine groups is 3. The molecule has 6 aliphatic carbocycles. The third-order valence-corrected chi connectivity index (χ3v) is 18.3. The zero-order chi connectivity index (χ0) is 51.2. The van der Waals surface area contributed by atoms with E-state index in [0.717, 1.165) is 83.8 Å². The van der Waals surface area contributed by atoms with Gasteiger partial charge in [0.1, 0.15) is 29.8 Å². The second-order valence-corrected chi connectivity index (χ2v) is 22.8. The van der Waals surface area contributed by atoms with Crippen LogP contribution >= 0.6 is 0 Å². The van der Waals surface area contributed by atoms with E-state index in [9.17, 15) is 0 Å². The summed E-state index contributed by atoms with van der Waals surface area (Å²) in [4.78, 5) is 22.2. The van der Waals surface area contributed by atoms with Gasteiger partial charge in [0.15, 0.2) is 6.17 Å². The van der Waals surface area contributed by atoms with Crippen molar-refractivity contribution in [3.63, 3.8) is 0 Å². The maximum Gasteiger partial charge on any atom is 0.169 e. The van der Waals surface area contributed by atoms with Crippen LogP contribution in [0, 0.1) is 29.1 Å². The minimum atomic E-state index is -0.399. The Morgan fingerprint density at radius 1 is 0.623 bits per heavy atom. The van der Waals surface area contributed by atoms with Crippen molar-refractivity contribution in [2.45, 2.75) is 83.0 Å². The number of nitrogens with zero attached hydrogens (tertiary/aromatic N) is 5. The predicted molar refractivity (Wildman–Crippen MR) is 313 cm³/mol. The molecule has 15 rings (SSSR count). The van der Waals surface area contributed by atoms with E-state index in [0.29, 0.717) is 11.8 Å². The molecule has 0 saturated heterocycles. The van der Waals surface area contributed by atoms with Crippen LogP contribution in [-0.4, -0.2) is 29.6 Å². The molecule has 380 valence electrons. The number of aliphatic imine (C=N–C) groups is 3. The number of hydrogen-bond donors (Lipinski definition) is 3. The number of hydrogen-bond acceptors (Lipinski definition) is 8. The van der Waals surface area contributed by atoms with Crippen LogP contribution in [0.25, 0.3) is 0 Å². The zero-order valence-corrected chi connectivity index (χ0v) is 43.8. The van der Waals surface area contributed by atoms with Gasteiger partial charge in [-0.25, -0.2) is 15.0 Å². The van der Waals surface area contributed by atoms with Gasteiger partial charge in [-0.1, -0.05) is 189 Å². The first-order chi connectivity index (χ1) is 38.0. The second kappa shape index (κ2) is 18.6. The van der Waals surface area contributed by atoms with E-state index in [-0.39, 0.29) is 41.7 Å². The maximum absolute atomic E-state index is 5.77. The lowest BCUT2D eigenvalue weighted by Gasteiger charge is -2.49. The first-order valence-corrected chi connectivity index (χ1v) is 28.2. The second-order valence-electron chi connectivity index (χ2n) is 22.8. The van der Waals surface area contributed by atoms with E-state index in [1.165, 1.54) is 33.9 Å². The highest BCUT2D eigenvalue weighted by Crippen LogP contribution is 2.68. The van der Waals surface area contributed by atoms with Gasteiger partial charge in [-0.2, -0.15) is 0 Å². The SMILES string of the molecule is CC1(C)C2=C(C3C=CC=CC31)C1C(C3=C(C=CCC3)N1c1ccccc1)C1C2C2=C(CCC=C2)N1c1ccc(C2=NC(c3ccccc3)N=C(C3=CC=CCC3)N2)cc1C1=NC(c2ccccc2)NC(c2ccccc2)N1. The molecule has 4 heterocycles. The molecule has 3 N–H and O–H groups in total. The van der Waals surface area contributed by atoms with Crippen molar-refractivity contribution >= 4 is 28.9 Å². The van der Waals surface area contributed by atoms with Gasteiger partial charge in [0, 0.05) is 46.0 Å². The number of nitrogens with one attached hydrogen (secondary N) is 3. The summed E-state index contributed by atoms with van der Waals surface area (Å²) >= 11 is 0. The Kier molecular flexibility index (Phi) is 11.2. The van der Waals surface area contributed by atoms with Gasteiger partial charge in [0.25, 0.3) is 0 Å². The van der Waals surface area contributed by atoms with Crippen LogP contribution in [-0.2, 0) is 0 Å². The van der Waals surface area contributed by atoms with Gasteiger partial charge < -0.3 is 20.4 Å². The molecule has 9 atom stereocenters. The van der Waals surface area contributed by atoms with Gasteiger partial charge in [-0.15, -0.1) is 0 Å². The molecule has 5 aromatic carbocycles. The Balaban J connectivity index is 0.966. The largest absolute Gasteiger partial charge is 0.350 e. The summed E-state index contributed by atoms with van der Waals surface area (Å²) in [5, 5.41) is 11.8. The highest BCUT2D eigenvalue weighted by Gasteiger charge is 2.65. The molecule has 0 saturated carbocycles. The minimum Gasteiger partial charge on any atom is -0.350 e. The van der Waals surface area contributed by atoms with Crippen molar-refractivity contribution in [2.75, 3.05) is 9.80 Å². The van der Waals surface area contributed by atoms with Crippen LogP contribution in [0.3, 0.4) is 0 Å². The third-order valence-electron chi connectivity index (χ3n) is 18.3. The molecular formula is C69H64N8. The summed E-state index contributed by atoms with van der Waals surface area (Å²) in [6.45, 7) is 5.13. The van der Waals surface area contributed by atoms with Gasteiger partial charge >= 0.3 is 0 Å². The first-order valence-electron chi connectivity index (χ1n) is 28.2. The lowest BCUT2D eigenvalue weighted by Crippen LogP contribution is -2.53. The van der Waals surface area contributed by atoms with Gasteiger partial charge in [0.2, 0.25) is 0 Å². The highest BCUT2D eigenvalue weighted by atomic mass is 15.3. The Labute approximate surface area is 452 Å². The molecule has 0 aromatic heterocycles. The zero-order valence-electron chi connectivity index (χ0n) is 43.8. The normalized spacial score (nSPS) is 29.1.